The first-order chi connectivity index (χ1) is 12.0. The molecule has 2 amide bonds. The van der Waals surface area contributed by atoms with E-state index in [1.807, 2.05) is 62.4 Å². The molecule has 0 heterocycles. The van der Waals surface area contributed by atoms with Crippen molar-refractivity contribution in [2.75, 3.05) is 23.4 Å². The van der Waals surface area contributed by atoms with Crippen LogP contribution in [-0.4, -0.2) is 25.0 Å². The van der Waals surface area contributed by atoms with E-state index in [9.17, 15) is 9.59 Å². The average molecular weight is 340 g/mol. The Kier molecular flexibility index (Phi) is 6.57. The Morgan fingerprint density at radius 3 is 2.24 bits per heavy atom. The second-order valence-corrected chi connectivity index (χ2v) is 5.76. The minimum atomic E-state index is -0.124. The summed E-state index contributed by atoms with van der Waals surface area (Å²) in [4.78, 5) is 25.6. The normalized spacial score (nSPS) is 10.2. The van der Waals surface area contributed by atoms with Gasteiger partial charge in [0.25, 0.3) is 0 Å². The van der Waals surface area contributed by atoms with Gasteiger partial charge in [-0.2, -0.15) is 0 Å². The van der Waals surface area contributed by atoms with Crippen LogP contribution in [0.1, 0.15) is 25.8 Å². The van der Waals surface area contributed by atoms with E-state index in [1.165, 1.54) is 6.92 Å². The molecule has 1 N–H and O–H groups in total. The van der Waals surface area contributed by atoms with Gasteiger partial charge in [0, 0.05) is 31.3 Å². The zero-order chi connectivity index (χ0) is 18.2. The van der Waals surface area contributed by atoms with E-state index in [4.69, 9.17) is 4.74 Å². The Morgan fingerprint density at radius 1 is 1.04 bits per heavy atom. The first kappa shape index (κ1) is 18.5. The van der Waals surface area contributed by atoms with Crippen LogP contribution in [0.15, 0.2) is 48.5 Å². The molecule has 0 saturated carbocycles. The van der Waals surface area contributed by atoms with Crippen molar-refractivity contribution in [1.82, 2.24) is 0 Å². The third-order valence-electron chi connectivity index (χ3n) is 3.74. The smallest absolute Gasteiger partial charge is 0.226 e. The van der Waals surface area contributed by atoms with E-state index in [0.717, 1.165) is 22.7 Å². The van der Waals surface area contributed by atoms with Gasteiger partial charge in [0.15, 0.2) is 0 Å². The molecular formula is C20H24N2O3. The van der Waals surface area contributed by atoms with Crippen molar-refractivity contribution >= 4 is 23.2 Å². The van der Waals surface area contributed by atoms with Crippen LogP contribution in [0.5, 0.6) is 5.75 Å². The Hall–Kier alpha value is -2.82. The summed E-state index contributed by atoms with van der Waals surface area (Å²) in [5, 5.41) is 2.84. The predicted octanol–water partition coefficient (Wildman–Crippen LogP) is 3.78. The van der Waals surface area contributed by atoms with Gasteiger partial charge in [-0.3, -0.25) is 9.59 Å². The molecule has 0 atom stereocenters. The first-order valence-electron chi connectivity index (χ1n) is 8.37. The van der Waals surface area contributed by atoms with Crippen molar-refractivity contribution in [2.24, 2.45) is 0 Å². The summed E-state index contributed by atoms with van der Waals surface area (Å²) in [6.45, 7) is 6.32. The fourth-order valence-electron chi connectivity index (χ4n) is 2.43. The molecule has 0 fully saturated rings. The Balaban J connectivity index is 1.95. The molecule has 0 radical (unpaired) electrons. The summed E-state index contributed by atoms with van der Waals surface area (Å²) in [5.74, 6) is 0.528. The van der Waals surface area contributed by atoms with Crippen LogP contribution in [0.3, 0.4) is 0 Å². The Labute approximate surface area is 148 Å². The number of nitrogens with one attached hydrogen (secondary N) is 1. The van der Waals surface area contributed by atoms with Crippen LogP contribution < -0.4 is 15.0 Å². The van der Waals surface area contributed by atoms with E-state index >= 15 is 0 Å². The monoisotopic (exact) mass is 340 g/mol. The zero-order valence-electron chi connectivity index (χ0n) is 14.9. The average Bonchev–Trinajstić information content (AvgIpc) is 2.58. The number of amides is 2. The van der Waals surface area contributed by atoms with Gasteiger partial charge in [-0.05, 0) is 50.2 Å². The lowest BCUT2D eigenvalue weighted by Crippen LogP contribution is -2.31. The molecule has 5 nitrogen and oxygen atoms in total. The molecule has 0 aliphatic carbocycles. The molecule has 0 aromatic heterocycles. The van der Waals surface area contributed by atoms with E-state index in [-0.39, 0.29) is 18.2 Å². The third kappa shape index (κ3) is 5.64. The molecule has 0 unspecified atom stereocenters. The fourth-order valence-corrected chi connectivity index (χ4v) is 2.43. The summed E-state index contributed by atoms with van der Waals surface area (Å²) in [7, 11) is 0. The molecule has 0 bridgehead atoms. The lowest BCUT2D eigenvalue weighted by atomic mass is 10.2. The summed E-state index contributed by atoms with van der Waals surface area (Å²) in [5.41, 5.74) is 2.64. The fraction of sp³-hybridized carbons (Fsp3) is 0.300. The van der Waals surface area contributed by atoms with Gasteiger partial charge >= 0.3 is 0 Å². The number of hydrogen-bond donors (Lipinski definition) is 1. The molecular weight excluding hydrogens is 316 g/mol. The number of benzene rings is 2. The molecule has 0 spiro atoms. The highest BCUT2D eigenvalue weighted by atomic mass is 16.5. The van der Waals surface area contributed by atoms with E-state index < -0.39 is 0 Å². The van der Waals surface area contributed by atoms with Gasteiger partial charge in [-0.15, -0.1) is 0 Å². The van der Waals surface area contributed by atoms with Crippen LogP contribution in [0.2, 0.25) is 0 Å². The molecule has 2 rings (SSSR count). The number of carbonyl (C=O) groups excluding carboxylic acids is 2. The van der Waals surface area contributed by atoms with Gasteiger partial charge in [-0.25, -0.2) is 0 Å². The highest BCUT2D eigenvalue weighted by molar-refractivity contribution is 5.94. The molecule has 5 heteroatoms. The molecule has 132 valence electrons. The van der Waals surface area contributed by atoms with Gasteiger partial charge < -0.3 is 15.0 Å². The van der Waals surface area contributed by atoms with E-state index in [0.29, 0.717) is 13.2 Å². The molecule has 0 aliphatic heterocycles. The summed E-state index contributed by atoms with van der Waals surface area (Å²) >= 11 is 0. The minimum Gasteiger partial charge on any atom is -0.494 e. The van der Waals surface area contributed by atoms with Gasteiger partial charge in [0.2, 0.25) is 11.8 Å². The number of aryl methyl sites for hydroxylation is 1. The van der Waals surface area contributed by atoms with Gasteiger partial charge in [0.05, 0.1) is 6.61 Å². The van der Waals surface area contributed by atoms with Crippen molar-refractivity contribution in [2.45, 2.75) is 27.2 Å². The summed E-state index contributed by atoms with van der Waals surface area (Å²) < 4.78 is 5.41. The Bertz CT molecular complexity index is 709. The quantitative estimate of drug-likeness (QED) is 0.834. The van der Waals surface area contributed by atoms with E-state index in [1.54, 1.807) is 4.90 Å². The van der Waals surface area contributed by atoms with Crippen LogP contribution in [0.4, 0.5) is 11.4 Å². The van der Waals surface area contributed by atoms with Crippen LogP contribution in [-0.2, 0) is 9.59 Å². The van der Waals surface area contributed by atoms with E-state index in [2.05, 4.69) is 5.32 Å². The number of nitrogens with zero attached hydrogens (tertiary/aromatic N) is 1. The van der Waals surface area contributed by atoms with Crippen molar-refractivity contribution in [3.8, 4) is 5.75 Å². The number of rotatable bonds is 7. The first-order valence-corrected chi connectivity index (χ1v) is 8.37. The second-order valence-electron chi connectivity index (χ2n) is 5.76. The number of hydrogen-bond acceptors (Lipinski definition) is 3. The Morgan fingerprint density at radius 2 is 1.68 bits per heavy atom. The molecule has 2 aromatic rings. The van der Waals surface area contributed by atoms with Crippen molar-refractivity contribution in [1.29, 1.82) is 0 Å². The lowest BCUT2D eigenvalue weighted by Gasteiger charge is -2.21. The van der Waals surface area contributed by atoms with Crippen molar-refractivity contribution in [3.05, 3.63) is 54.1 Å². The second kappa shape index (κ2) is 8.87. The highest BCUT2D eigenvalue weighted by Crippen LogP contribution is 2.20. The zero-order valence-corrected chi connectivity index (χ0v) is 14.9. The number of carbonyl (C=O) groups is 2. The van der Waals surface area contributed by atoms with Crippen molar-refractivity contribution < 1.29 is 14.3 Å². The van der Waals surface area contributed by atoms with Crippen LogP contribution >= 0.6 is 0 Å². The molecule has 2 aromatic carbocycles. The topological polar surface area (TPSA) is 58.6 Å². The molecule has 0 saturated heterocycles. The highest BCUT2D eigenvalue weighted by Gasteiger charge is 2.13. The minimum absolute atomic E-state index is 0.104. The van der Waals surface area contributed by atoms with Crippen LogP contribution in [0.25, 0.3) is 0 Å². The molecule has 25 heavy (non-hydrogen) atoms. The lowest BCUT2D eigenvalue weighted by molar-refractivity contribution is -0.117. The summed E-state index contributed by atoms with van der Waals surface area (Å²) in [6.07, 6.45) is 0.223. The van der Waals surface area contributed by atoms with Gasteiger partial charge in [-0.1, -0.05) is 17.7 Å². The maximum Gasteiger partial charge on any atom is 0.226 e. The standard InChI is InChI=1S/C20H24N2O3/c1-4-25-19-11-9-18(10-12-19)22(16(3)23)14-13-20(24)21-17-7-5-15(2)6-8-17/h5-12H,4,13-14H2,1-3H3,(H,21,24). The maximum absolute atomic E-state index is 12.1. The number of ether oxygens (including phenoxy) is 1. The number of anilines is 2. The largest absolute Gasteiger partial charge is 0.494 e. The predicted molar refractivity (Wildman–Crippen MR) is 100 cm³/mol. The SMILES string of the molecule is CCOc1ccc(N(CCC(=O)Nc2ccc(C)cc2)C(C)=O)cc1. The summed E-state index contributed by atoms with van der Waals surface area (Å²) in [6, 6.07) is 14.9. The third-order valence-corrected chi connectivity index (χ3v) is 3.74. The van der Waals surface area contributed by atoms with Crippen molar-refractivity contribution in [3.63, 3.8) is 0 Å². The van der Waals surface area contributed by atoms with Gasteiger partial charge in [0.1, 0.15) is 5.75 Å². The maximum atomic E-state index is 12.1. The van der Waals surface area contributed by atoms with Crippen LogP contribution in [0, 0.1) is 6.92 Å². The molecule has 0 aliphatic rings.